The van der Waals surface area contributed by atoms with Crippen molar-refractivity contribution in [3.63, 3.8) is 0 Å². The largest absolute Gasteiger partial charge is 0.384 e. The zero-order valence-corrected chi connectivity index (χ0v) is 11.8. The van der Waals surface area contributed by atoms with Crippen LogP contribution in [0.25, 0.3) is 0 Å². The molecule has 1 fully saturated rings. The highest BCUT2D eigenvalue weighted by atomic mass is 16.1. The number of carbonyl (C=O) groups is 1. The number of anilines is 1. The number of aromatic nitrogens is 1. The fraction of sp³-hybridized carbons (Fsp3) is 0.600. The zero-order chi connectivity index (χ0) is 13.8. The molecule has 4 heteroatoms. The average Bonchev–Trinajstić information content (AvgIpc) is 2.75. The van der Waals surface area contributed by atoms with E-state index >= 15 is 0 Å². The highest BCUT2D eigenvalue weighted by molar-refractivity contribution is 5.95. The fourth-order valence-corrected chi connectivity index (χ4v) is 2.74. The van der Waals surface area contributed by atoms with Gasteiger partial charge in [0.25, 0.3) is 5.91 Å². The Kier molecular flexibility index (Phi) is 4.40. The summed E-state index contributed by atoms with van der Waals surface area (Å²) >= 11 is 0. The monoisotopic (exact) mass is 261 g/mol. The van der Waals surface area contributed by atoms with E-state index < -0.39 is 0 Å². The molecule has 2 rings (SSSR count). The van der Waals surface area contributed by atoms with Crippen LogP contribution in [0.15, 0.2) is 12.1 Å². The van der Waals surface area contributed by atoms with Crippen LogP contribution in [0.1, 0.15) is 55.6 Å². The Hall–Kier alpha value is -1.58. The summed E-state index contributed by atoms with van der Waals surface area (Å²) in [6.07, 6.45) is 5.33. The fourth-order valence-electron chi connectivity index (χ4n) is 2.74. The number of aryl methyl sites for hydroxylation is 1. The summed E-state index contributed by atoms with van der Waals surface area (Å²) in [5.41, 5.74) is 7.30. The Bertz CT molecular complexity index is 459. The molecule has 1 saturated carbocycles. The lowest BCUT2D eigenvalue weighted by Gasteiger charge is -2.17. The first-order chi connectivity index (χ1) is 9.10. The minimum Gasteiger partial charge on any atom is -0.384 e. The minimum absolute atomic E-state index is 0.0230. The van der Waals surface area contributed by atoms with Gasteiger partial charge < -0.3 is 11.1 Å². The molecule has 0 aromatic carbocycles. The van der Waals surface area contributed by atoms with Crippen molar-refractivity contribution < 1.29 is 4.79 Å². The number of carbonyl (C=O) groups excluding carboxylic acids is 1. The van der Waals surface area contributed by atoms with Crippen molar-refractivity contribution in [2.24, 2.45) is 5.92 Å². The van der Waals surface area contributed by atoms with E-state index in [0.717, 1.165) is 25.0 Å². The summed E-state index contributed by atoms with van der Waals surface area (Å²) in [7, 11) is 0. The molecule has 0 bridgehead atoms. The molecule has 19 heavy (non-hydrogen) atoms. The normalized spacial score (nSPS) is 22.4. The van der Waals surface area contributed by atoms with Crippen LogP contribution in [-0.4, -0.2) is 16.9 Å². The summed E-state index contributed by atoms with van der Waals surface area (Å²) in [6, 6.07) is 3.82. The quantitative estimate of drug-likeness (QED) is 0.875. The molecule has 104 valence electrons. The van der Waals surface area contributed by atoms with E-state index in [2.05, 4.69) is 24.1 Å². The van der Waals surface area contributed by atoms with Crippen molar-refractivity contribution in [1.82, 2.24) is 10.3 Å². The smallest absolute Gasteiger partial charge is 0.251 e. The second kappa shape index (κ2) is 6.04. The van der Waals surface area contributed by atoms with E-state index in [9.17, 15) is 4.79 Å². The number of nitrogens with two attached hydrogens (primary N) is 1. The highest BCUT2D eigenvalue weighted by Gasteiger charge is 2.25. The molecule has 0 spiro atoms. The number of amides is 1. The third-order valence-corrected chi connectivity index (χ3v) is 3.84. The van der Waals surface area contributed by atoms with Crippen LogP contribution in [0.3, 0.4) is 0 Å². The van der Waals surface area contributed by atoms with Gasteiger partial charge in [-0.3, -0.25) is 4.79 Å². The maximum atomic E-state index is 12.3. The van der Waals surface area contributed by atoms with Gasteiger partial charge in [0.05, 0.1) is 0 Å². The van der Waals surface area contributed by atoms with Crippen molar-refractivity contribution >= 4 is 11.7 Å². The summed E-state index contributed by atoms with van der Waals surface area (Å²) < 4.78 is 0. The summed E-state index contributed by atoms with van der Waals surface area (Å²) in [6.45, 7) is 4.28. The van der Waals surface area contributed by atoms with Crippen molar-refractivity contribution in [2.75, 3.05) is 5.73 Å². The van der Waals surface area contributed by atoms with Crippen LogP contribution in [0, 0.1) is 5.92 Å². The lowest BCUT2D eigenvalue weighted by Crippen LogP contribution is -2.36. The molecular weight excluding hydrogens is 238 g/mol. The van der Waals surface area contributed by atoms with Gasteiger partial charge in [-0.1, -0.05) is 26.7 Å². The van der Waals surface area contributed by atoms with E-state index in [1.54, 1.807) is 6.07 Å². The second-order valence-electron chi connectivity index (χ2n) is 5.51. The minimum atomic E-state index is -0.0230. The Morgan fingerprint density at radius 2 is 2.26 bits per heavy atom. The lowest BCUT2D eigenvalue weighted by atomic mass is 10.1. The SMILES string of the molecule is CCCc1cc(C(=O)NC2CCCC2C)cc(N)n1. The number of rotatable bonds is 4. The van der Waals surface area contributed by atoms with Crippen LogP contribution in [-0.2, 0) is 6.42 Å². The van der Waals surface area contributed by atoms with Gasteiger partial charge in [0.15, 0.2) is 0 Å². The molecule has 1 aliphatic rings. The van der Waals surface area contributed by atoms with Gasteiger partial charge in [-0.15, -0.1) is 0 Å². The van der Waals surface area contributed by atoms with Crippen LogP contribution < -0.4 is 11.1 Å². The van der Waals surface area contributed by atoms with Crippen LogP contribution in [0.4, 0.5) is 5.82 Å². The van der Waals surface area contributed by atoms with Crippen LogP contribution >= 0.6 is 0 Å². The Labute approximate surface area is 114 Å². The van der Waals surface area contributed by atoms with E-state index in [4.69, 9.17) is 5.73 Å². The van der Waals surface area contributed by atoms with E-state index in [-0.39, 0.29) is 5.91 Å². The molecule has 1 amide bonds. The third kappa shape index (κ3) is 3.46. The van der Waals surface area contributed by atoms with Gasteiger partial charge in [-0.2, -0.15) is 0 Å². The third-order valence-electron chi connectivity index (χ3n) is 3.84. The molecule has 0 radical (unpaired) electrons. The molecule has 4 nitrogen and oxygen atoms in total. The summed E-state index contributed by atoms with van der Waals surface area (Å²) in [5.74, 6) is 0.971. The number of nitrogen functional groups attached to an aromatic ring is 1. The second-order valence-corrected chi connectivity index (χ2v) is 5.51. The molecule has 1 aromatic rings. The number of pyridine rings is 1. The van der Waals surface area contributed by atoms with Gasteiger partial charge in [0.2, 0.25) is 0 Å². The molecule has 0 saturated heterocycles. The number of nitrogens with one attached hydrogen (secondary N) is 1. The standard InChI is InChI=1S/C15H23N3O/c1-3-5-12-8-11(9-14(16)17-12)15(19)18-13-7-4-6-10(13)2/h8-10,13H,3-7H2,1-2H3,(H2,16,17)(H,18,19). The van der Waals surface area contributed by atoms with Gasteiger partial charge in [-0.25, -0.2) is 4.98 Å². The van der Waals surface area contributed by atoms with Gasteiger partial charge in [-0.05, 0) is 37.3 Å². The van der Waals surface area contributed by atoms with Gasteiger partial charge in [0, 0.05) is 17.3 Å². The first-order valence-electron chi connectivity index (χ1n) is 7.17. The molecule has 3 N–H and O–H groups in total. The first-order valence-corrected chi connectivity index (χ1v) is 7.17. The highest BCUT2D eigenvalue weighted by Crippen LogP contribution is 2.25. The van der Waals surface area contributed by atoms with Crippen molar-refractivity contribution in [2.45, 2.75) is 52.0 Å². The molecule has 1 heterocycles. The Morgan fingerprint density at radius 1 is 1.47 bits per heavy atom. The van der Waals surface area contributed by atoms with Crippen LogP contribution in [0.2, 0.25) is 0 Å². The lowest BCUT2D eigenvalue weighted by molar-refractivity contribution is 0.0929. The molecule has 2 atom stereocenters. The molecule has 1 aromatic heterocycles. The number of hydrogen-bond donors (Lipinski definition) is 2. The first kappa shape index (κ1) is 13.8. The summed E-state index contributed by atoms with van der Waals surface area (Å²) in [4.78, 5) is 16.5. The van der Waals surface area contributed by atoms with Crippen molar-refractivity contribution in [3.05, 3.63) is 23.4 Å². The Balaban J connectivity index is 2.09. The molecular formula is C15H23N3O. The van der Waals surface area contributed by atoms with Gasteiger partial charge in [0.1, 0.15) is 5.82 Å². The van der Waals surface area contributed by atoms with E-state index in [0.29, 0.717) is 23.3 Å². The predicted molar refractivity (Wildman–Crippen MR) is 76.9 cm³/mol. The number of hydrogen-bond acceptors (Lipinski definition) is 3. The van der Waals surface area contributed by atoms with Gasteiger partial charge >= 0.3 is 0 Å². The van der Waals surface area contributed by atoms with Crippen LogP contribution in [0.5, 0.6) is 0 Å². The van der Waals surface area contributed by atoms with Crippen molar-refractivity contribution in [1.29, 1.82) is 0 Å². The summed E-state index contributed by atoms with van der Waals surface area (Å²) in [5, 5.41) is 3.12. The maximum Gasteiger partial charge on any atom is 0.251 e. The average molecular weight is 261 g/mol. The Morgan fingerprint density at radius 3 is 2.89 bits per heavy atom. The molecule has 0 aliphatic heterocycles. The number of nitrogens with zero attached hydrogens (tertiary/aromatic N) is 1. The topological polar surface area (TPSA) is 68.0 Å². The van der Waals surface area contributed by atoms with E-state index in [1.807, 2.05) is 6.07 Å². The van der Waals surface area contributed by atoms with Crippen molar-refractivity contribution in [3.8, 4) is 0 Å². The predicted octanol–water partition coefficient (Wildman–Crippen LogP) is 2.53. The van der Waals surface area contributed by atoms with E-state index in [1.165, 1.54) is 12.8 Å². The molecule has 1 aliphatic carbocycles. The maximum absolute atomic E-state index is 12.3. The molecule has 2 unspecified atom stereocenters. The zero-order valence-electron chi connectivity index (χ0n) is 11.8.